The van der Waals surface area contributed by atoms with Crippen molar-refractivity contribution >= 4 is 28.9 Å². The van der Waals surface area contributed by atoms with Gasteiger partial charge in [-0.05, 0) is 12.5 Å². The molecule has 4 heterocycles. The molecule has 2 aromatic heterocycles. The zero-order valence-corrected chi connectivity index (χ0v) is 21.2. The molecular weight excluding hydrogens is 580 g/mol. The Bertz CT molecular complexity index is 1640. The number of fused-ring (bicyclic) bond motifs is 1. The summed E-state index contributed by atoms with van der Waals surface area (Å²) in [5, 5.41) is 30.0. The van der Waals surface area contributed by atoms with Gasteiger partial charge >= 0.3 is 6.09 Å². The van der Waals surface area contributed by atoms with E-state index in [1.165, 1.54) is 0 Å². The van der Waals surface area contributed by atoms with E-state index in [2.05, 4.69) is 4.98 Å². The number of carbonyl (C=O) groups is 2. The van der Waals surface area contributed by atoms with Gasteiger partial charge in [0.15, 0.2) is 28.9 Å². The first-order valence-corrected chi connectivity index (χ1v) is 12.4. The number of carboxylic acid groups (broad SMARTS) is 1. The number of halogens is 6. The van der Waals surface area contributed by atoms with Gasteiger partial charge in [0.05, 0.1) is 30.2 Å². The van der Waals surface area contributed by atoms with Crippen LogP contribution in [0.4, 0.5) is 37.0 Å². The normalized spacial score (nSPS) is 22.0. The number of carbonyl (C=O) groups excluding carboxylic acids is 1. The van der Waals surface area contributed by atoms with Crippen LogP contribution >= 0.6 is 0 Å². The number of nitrogens with one attached hydrogen (secondary N) is 1. The summed E-state index contributed by atoms with van der Waals surface area (Å²) in [6.07, 6.45) is -4.15. The Kier molecular flexibility index (Phi) is 7.26. The Labute approximate surface area is 231 Å². The molecule has 5 rings (SSSR count). The zero-order chi connectivity index (χ0) is 30.7. The lowest BCUT2D eigenvalue weighted by Crippen LogP contribution is -2.59. The summed E-state index contributed by atoms with van der Waals surface area (Å²) in [7, 11) is 0. The fourth-order valence-corrected chi connectivity index (χ4v) is 4.99. The van der Waals surface area contributed by atoms with Crippen LogP contribution in [-0.4, -0.2) is 92.1 Å². The van der Waals surface area contributed by atoms with Crippen LogP contribution in [0.2, 0.25) is 0 Å². The number of hydrogen-bond acceptors (Lipinski definition) is 7. The number of amides is 2. The monoisotopic (exact) mass is 601 g/mol. The molecule has 3 atom stereocenters. The summed E-state index contributed by atoms with van der Waals surface area (Å²) in [5.41, 5.74) is -3.87. The fraction of sp³-hybridized carbons (Fsp3) is 0.360. The van der Waals surface area contributed by atoms with Gasteiger partial charge in [0, 0.05) is 38.0 Å². The van der Waals surface area contributed by atoms with E-state index in [0.717, 1.165) is 4.90 Å². The first kappa shape index (κ1) is 29.1. The molecule has 0 saturated carbocycles. The van der Waals surface area contributed by atoms with Crippen LogP contribution in [0, 0.1) is 23.3 Å². The summed E-state index contributed by atoms with van der Waals surface area (Å²) in [4.78, 5) is 43.0. The van der Waals surface area contributed by atoms with Crippen molar-refractivity contribution < 1.29 is 51.3 Å². The van der Waals surface area contributed by atoms with Gasteiger partial charge in [-0.1, -0.05) is 0 Å². The minimum atomic E-state index is -3.76. The lowest BCUT2D eigenvalue weighted by Gasteiger charge is -2.37. The maximum atomic E-state index is 15.2. The lowest BCUT2D eigenvalue weighted by atomic mass is 10.0. The lowest BCUT2D eigenvalue weighted by molar-refractivity contribution is -0.0809. The predicted octanol–water partition coefficient (Wildman–Crippen LogP) is 1.60. The molecule has 1 aromatic carbocycles. The third-order valence-corrected chi connectivity index (χ3v) is 7.11. The molecule has 2 saturated heterocycles. The third kappa shape index (κ3) is 5.09. The SMILES string of the molecule is O=C(NC1CCN(C(=O)O)CC1(F)F)c1cn(-c2c(F)cc(F)cc2F)c2nc(N3C[C@@H](O)[C@H](O)C3)c(F)cc2c1=O. The highest BCUT2D eigenvalue weighted by Crippen LogP contribution is 2.30. The largest absolute Gasteiger partial charge is 0.465 e. The number of aliphatic hydroxyl groups excluding tert-OH is 2. The van der Waals surface area contributed by atoms with Crippen LogP contribution in [-0.2, 0) is 0 Å². The Morgan fingerprint density at radius 2 is 1.62 bits per heavy atom. The minimum absolute atomic E-state index is 0.288. The average molecular weight is 601 g/mol. The first-order chi connectivity index (χ1) is 19.7. The number of aliphatic hydroxyl groups is 2. The van der Waals surface area contributed by atoms with Gasteiger partial charge in [0.2, 0.25) is 5.43 Å². The molecule has 42 heavy (non-hydrogen) atoms. The highest BCUT2D eigenvalue weighted by atomic mass is 19.3. The van der Waals surface area contributed by atoms with E-state index in [0.29, 0.717) is 21.7 Å². The second kappa shape index (κ2) is 10.5. The van der Waals surface area contributed by atoms with Crippen molar-refractivity contribution in [1.29, 1.82) is 0 Å². The number of β-amino-alcohol motifs (C(OH)–C–C–N with tert-alkyl or cyclic N) is 2. The van der Waals surface area contributed by atoms with Crippen molar-refractivity contribution in [3.8, 4) is 5.69 Å². The highest BCUT2D eigenvalue weighted by Gasteiger charge is 2.47. The molecule has 2 fully saturated rings. The number of alkyl halides is 2. The van der Waals surface area contributed by atoms with Gasteiger partial charge < -0.3 is 30.4 Å². The Morgan fingerprint density at radius 3 is 2.19 bits per heavy atom. The maximum absolute atomic E-state index is 15.2. The van der Waals surface area contributed by atoms with Crippen LogP contribution in [0.1, 0.15) is 16.8 Å². The topological polar surface area (TPSA) is 148 Å². The smallest absolute Gasteiger partial charge is 0.407 e. The van der Waals surface area contributed by atoms with E-state index in [1.54, 1.807) is 0 Å². The predicted molar refractivity (Wildman–Crippen MR) is 132 cm³/mol. The molecule has 2 aliphatic rings. The number of aromatic nitrogens is 2. The minimum Gasteiger partial charge on any atom is -0.465 e. The number of piperidine rings is 1. The number of nitrogens with zero attached hydrogens (tertiary/aromatic N) is 4. The van der Waals surface area contributed by atoms with Crippen molar-refractivity contribution in [1.82, 2.24) is 19.8 Å². The van der Waals surface area contributed by atoms with E-state index in [-0.39, 0.29) is 31.8 Å². The summed E-state index contributed by atoms with van der Waals surface area (Å²) >= 11 is 0. The Balaban J connectivity index is 1.65. The molecule has 0 radical (unpaired) electrons. The Morgan fingerprint density at radius 1 is 1.00 bits per heavy atom. The molecule has 224 valence electrons. The summed E-state index contributed by atoms with van der Waals surface area (Å²) in [5.74, 6) is -11.3. The summed E-state index contributed by atoms with van der Waals surface area (Å²) in [6.45, 7) is -2.22. The quantitative estimate of drug-likeness (QED) is 0.330. The molecule has 4 N–H and O–H groups in total. The molecule has 3 aromatic rings. The van der Waals surface area contributed by atoms with E-state index < -0.39 is 106 Å². The van der Waals surface area contributed by atoms with E-state index in [4.69, 9.17) is 5.11 Å². The summed E-state index contributed by atoms with van der Waals surface area (Å²) < 4.78 is 88.5. The van der Waals surface area contributed by atoms with Crippen LogP contribution in [0.15, 0.2) is 29.2 Å². The molecule has 1 unspecified atom stereocenters. The highest BCUT2D eigenvalue weighted by molar-refractivity contribution is 5.97. The number of hydrogen-bond donors (Lipinski definition) is 4. The number of anilines is 1. The number of pyridine rings is 2. The van der Waals surface area contributed by atoms with Gasteiger partial charge in [0.1, 0.15) is 17.1 Å². The van der Waals surface area contributed by atoms with Crippen molar-refractivity contribution in [3.05, 3.63) is 63.5 Å². The van der Waals surface area contributed by atoms with Gasteiger partial charge in [-0.2, -0.15) is 0 Å². The van der Waals surface area contributed by atoms with Crippen LogP contribution in [0.25, 0.3) is 16.7 Å². The number of likely N-dealkylation sites (tertiary alicyclic amines) is 1. The van der Waals surface area contributed by atoms with Crippen molar-refractivity contribution in [3.63, 3.8) is 0 Å². The van der Waals surface area contributed by atoms with Crippen molar-refractivity contribution in [2.75, 3.05) is 31.1 Å². The van der Waals surface area contributed by atoms with Gasteiger partial charge in [0.25, 0.3) is 11.8 Å². The molecule has 17 heteroatoms. The van der Waals surface area contributed by atoms with E-state index in [9.17, 15) is 46.5 Å². The maximum Gasteiger partial charge on any atom is 0.407 e. The molecule has 11 nitrogen and oxygen atoms in total. The molecule has 0 aliphatic carbocycles. The standard InChI is InChI=1S/C25H21F6N5O6/c26-10-3-13(27)19(14(28)4-10)36-6-12(23(40)32-18-1-2-34(24(41)42)9-25(18,30)31)20(39)11-5-15(29)22(33-21(11)36)35-7-16(37)17(38)8-35/h3-6,16-18,37-38H,1-2,7-9H2,(H,32,40)(H,41,42)/t16-,17-,18?/m1/s1. The molecule has 2 amide bonds. The van der Waals surface area contributed by atoms with E-state index >= 15 is 4.39 Å². The third-order valence-electron chi connectivity index (χ3n) is 7.11. The first-order valence-electron chi connectivity index (χ1n) is 12.4. The fourth-order valence-electron chi connectivity index (χ4n) is 4.99. The molecule has 0 bridgehead atoms. The van der Waals surface area contributed by atoms with Gasteiger partial charge in [-0.25, -0.2) is 36.1 Å². The van der Waals surface area contributed by atoms with Gasteiger partial charge in [-0.15, -0.1) is 0 Å². The van der Waals surface area contributed by atoms with Crippen molar-refractivity contribution in [2.24, 2.45) is 0 Å². The molecule has 2 aliphatic heterocycles. The van der Waals surface area contributed by atoms with Crippen LogP contribution in [0.3, 0.4) is 0 Å². The zero-order valence-electron chi connectivity index (χ0n) is 21.2. The molecular formula is C25H21F6N5O6. The number of benzene rings is 1. The molecule has 0 spiro atoms. The van der Waals surface area contributed by atoms with Gasteiger partial charge in [-0.3, -0.25) is 14.2 Å². The second-order valence-electron chi connectivity index (χ2n) is 9.94. The Hall–Kier alpha value is -4.38. The summed E-state index contributed by atoms with van der Waals surface area (Å²) in [6, 6.07) is -0.773. The average Bonchev–Trinajstić information content (AvgIpc) is 3.23. The van der Waals surface area contributed by atoms with Crippen molar-refractivity contribution in [2.45, 2.75) is 30.6 Å². The number of rotatable bonds is 4. The second-order valence-corrected chi connectivity index (χ2v) is 9.94. The van der Waals surface area contributed by atoms with Crippen LogP contribution < -0.4 is 15.6 Å². The van der Waals surface area contributed by atoms with E-state index in [1.807, 2.05) is 5.32 Å². The van der Waals surface area contributed by atoms with Crippen LogP contribution in [0.5, 0.6) is 0 Å².